The number of carboxylic acids is 1. The Balaban J connectivity index is 2.61. The van der Waals surface area contributed by atoms with Crippen LogP contribution >= 0.6 is 0 Å². The van der Waals surface area contributed by atoms with Gasteiger partial charge in [0.05, 0.1) is 13.0 Å². The molecule has 104 valence electrons. The molecular formula is C13H18N2O4. The lowest BCUT2D eigenvalue weighted by Crippen LogP contribution is -2.33. The van der Waals surface area contributed by atoms with Crippen LogP contribution in [-0.4, -0.2) is 49.3 Å². The number of anilines is 1. The van der Waals surface area contributed by atoms with Crippen molar-refractivity contribution in [2.75, 3.05) is 32.6 Å². The molecule has 0 unspecified atom stereocenters. The van der Waals surface area contributed by atoms with Crippen molar-refractivity contribution in [2.24, 2.45) is 0 Å². The predicted octanol–water partition coefficient (Wildman–Crippen LogP) is 1.42. The topological polar surface area (TPSA) is 78.9 Å². The van der Waals surface area contributed by atoms with Gasteiger partial charge in [0, 0.05) is 26.4 Å². The number of rotatable bonds is 6. The first kappa shape index (κ1) is 15.0. The Kier molecular flexibility index (Phi) is 5.81. The van der Waals surface area contributed by atoms with Gasteiger partial charge in [0.1, 0.15) is 0 Å². The van der Waals surface area contributed by atoms with Gasteiger partial charge in [0.25, 0.3) is 0 Å². The number of hydrogen-bond donors (Lipinski definition) is 2. The zero-order valence-corrected chi connectivity index (χ0v) is 11.0. The maximum absolute atomic E-state index is 11.8. The van der Waals surface area contributed by atoms with E-state index in [2.05, 4.69) is 5.32 Å². The first-order valence-corrected chi connectivity index (χ1v) is 5.84. The fourth-order valence-corrected chi connectivity index (χ4v) is 1.48. The molecule has 0 saturated carbocycles. The Labute approximate surface area is 112 Å². The predicted molar refractivity (Wildman–Crippen MR) is 71.3 cm³/mol. The molecule has 0 aromatic heterocycles. The molecule has 6 nitrogen and oxygen atoms in total. The molecule has 0 aliphatic carbocycles. The lowest BCUT2D eigenvalue weighted by atomic mass is 10.1. The first-order chi connectivity index (χ1) is 9.02. The van der Waals surface area contributed by atoms with Crippen molar-refractivity contribution >= 4 is 17.7 Å². The number of nitrogens with zero attached hydrogens (tertiary/aromatic N) is 1. The van der Waals surface area contributed by atoms with Crippen LogP contribution in [0.15, 0.2) is 24.3 Å². The largest absolute Gasteiger partial charge is 0.481 e. The van der Waals surface area contributed by atoms with Gasteiger partial charge in [0.15, 0.2) is 0 Å². The van der Waals surface area contributed by atoms with Crippen LogP contribution in [0.2, 0.25) is 0 Å². The monoisotopic (exact) mass is 266 g/mol. The summed E-state index contributed by atoms with van der Waals surface area (Å²) in [5.74, 6) is -0.902. The summed E-state index contributed by atoms with van der Waals surface area (Å²) in [6.45, 7) is 0.945. The van der Waals surface area contributed by atoms with Crippen LogP contribution < -0.4 is 5.32 Å². The molecule has 2 N–H and O–H groups in total. The van der Waals surface area contributed by atoms with Crippen LogP contribution in [0.25, 0.3) is 0 Å². The quantitative estimate of drug-likeness (QED) is 0.816. The van der Waals surface area contributed by atoms with Gasteiger partial charge < -0.3 is 20.1 Å². The molecule has 0 fully saturated rings. The van der Waals surface area contributed by atoms with Gasteiger partial charge in [-0.05, 0) is 17.7 Å². The Morgan fingerprint density at radius 2 is 2.16 bits per heavy atom. The highest BCUT2D eigenvalue weighted by atomic mass is 16.5. The summed E-state index contributed by atoms with van der Waals surface area (Å²) in [6, 6.07) is 6.52. The van der Waals surface area contributed by atoms with Crippen molar-refractivity contribution in [3.8, 4) is 0 Å². The van der Waals surface area contributed by atoms with E-state index in [0.29, 0.717) is 24.4 Å². The molecule has 0 bridgehead atoms. The molecular weight excluding hydrogens is 248 g/mol. The van der Waals surface area contributed by atoms with Gasteiger partial charge in [-0.15, -0.1) is 0 Å². The van der Waals surface area contributed by atoms with E-state index in [4.69, 9.17) is 9.84 Å². The second-order valence-electron chi connectivity index (χ2n) is 4.12. The number of aliphatic carboxylic acids is 1. The lowest BCUT2D eigenvalue weighted by molar-refractivity contribution is -0.136. The molecule has 1 rings (SSSR count). The van der Waals surface area contributed by atoms with Crippen LogP contribution in [0.5, 0.6) is 0 Å². The van der Waals surface area contributed by atoms with Gasteiger partial charge in [-0.2, -0.15) is 0 Å². The Morgan fingerprint density at radius 1 is 1.42 bits per heavy atom. The normalized spacial score (nSPS) is 10.0. The minimum Gasteiger partial charge on any atom is -0.481 e. The number of methoxy groups -OCH3 is 1. The highest BCUT2D eigenvalue weighted by Gasteiger charge is 2.09. The number of ether oxygens (including phenoxy) is 1. The third-order valence-electron chi connectivity index (χ3n) is 2.51. The summed E-state index contributed by atoms with van der Waals surface area (Å²) in [4.78, 5) is 23.9. The third-order valence-corrected chi connectivity index (χ3v) is 2.51. The van der Waals surface area contributed by atoms with Crippen LogP contribution in [-0.2, 0) is 16.0 Å². The smallest absolute Gasteiger partial charge is 0.321 e. The van der Waals surface area contributed by atoms with Gasteiger partial charge in [-0.3, -0.25) is 4.79 Å². The molecule has 0 aliphatic heterocycles. The number of benzene rings is 1. The van der Waals surface area contributed by atoms with E-state index in [1.807, 2.05) is 0 Å². The minimum absolute atomic E-state index is 0.0662. The zero-order valence-electron chi connectivity index (χ0n) is 11.0. The van der Waals surface area contributed by atoms with E-state index in [9.17, 15) is 9.59 Å². The Bertz CT molecular complexity index is 448. The molecule has 2 amide bonds. The summed E-state index contributed by atoms with van der Waals surface area (Å²) in [7, 11) is 3.23. The molecule has 1 aromatic rings. The number of amides is 2. The first-order valence-electron chi connectivity index (χ1n) is 5.84. The van der Waals surface area contributed by atoms with Gasteiger partial charge in [0.2, 0.25) is 0 Å². The molecule has 6 heteroatoms. The van der Waals surface area contributed by atoms with Crippen molar-refractivity contribution < 1.29 is 19.4 Å². The van der Waals surface area contributed by atoms with Crippen LogP contribution in [0.4, 0.5) is 10.5 Å². The second kappa shape index (κ2) is 7.38. The van der Waals surface area contributed by atoms with Gasteiger partial charge in [-0.1, -0.05) is 12.1 Å². The third kappa shape index (κ3) is 5.39. The van der Waals surface area contributed by atoms with Crippen LogP contribution in [0.3, 0.4) is 0 Å². The van der Waals surface area contributed by atoms with Gasteiger partial charge >= 0.3 is 12.0 Å². The number of carbonyl (C=O) groups is 2. The lowest BCUT2D eigenvalue weighted by Gasteiger charge is -2.17. The van der Waals surface area contributed by atoms with Crippen molar-refractivity contribution in [1.29, 1.82) is 0 Å². The molecule has 0 spiro atoms. The summed E-state index contributed by atoms with van der Waals surface area (Å²) < 4.78 is 4.89. The maximum Gasteiger partial charge on any atom is 0.321 e. The molecule has 0 saturated heterocycles. The number of urea groups is 1. The van der Waals surface area contributed by atoms with E-state index in [1.54, 1.807) is 38.4 Å². The summed E-state index contributed by atoms with van der Waals surface area (Å²) >= 11 is 0. The van der Waals surface area contributed by atoms with Crippen molar-refractivity contribution in [3.05, 3.63) is 29.8 Å². The van der Waals surface area contributed by atoms with Crippen LogP contribution in [0.1, 0.15) is 5.56 Å². The number of carbonyl (C=O) groups excluding carboxylic acids is 1. The molecule has 0 atom stereocenters. The summed E-state index contributed by atoms with van der Waals surface area (Å²) in [5.41, 5.74) is 1.22. The van der Waals surface area contributed by atoms with E-state index in [0.717, 1.165) is 0 Å². The fraction of sp³-hybridized carbons (Fsp3) is 0.385. The SMILES string of the molecule is COCCN(C)C(=O)Nc1cccc(CC(=O)O)c1. The van der Waals surface area contributed by atoms with Crippen molar-refractivity contribution in [1.82, 2.24) is 4.90 Å². The van der Waals surface area contributed by atoms with E-state index in [-0.39, 0.29) is 12.5 Å². The van der Waals surface area contributed by atoms with E-state index >= 15 is 0 Å². The average Bonchev–Trinajstić information content (AvgIpc) is 2.35. The summed E-state index contributed by atoms with van der Waals surface area (Å²) in [6.07, 6.45) is -0.0662. The Hall–Kier alpha value is -2.08. The minimum atomic E-state index is -0.902. The van der Waals surface area contributed by atoms with Crippen molar-refractivity contribution in [3.63, 3.8) is 0 Å². The standard InChI is InChI=1S/C13H18N2O4/c1-15(6-7-19-2)13(18)14-11-5-3-4-10(8-11)9-12(16)17/h3-5,8H,6-7,9H2,1-2H3,(H,14,18)(H,16,17). The molecule has 0 aliphatic rings. The number of likely N-dealkylation sites (N-methyl/N-ethyl adjacent to an activating group) is 1. The maximum atomic E-state index is 11.8. The molecule has 0 radical (unpaired) electrons. The average molecular weight is 266 g/mol. The fourth-order valence-electron chi connectivity index (χ4n) is 1.48. The Morgan fingerprint density at radius 3 is 2.79 bits per heavy atom. The second-order valence-corrected chi connectivity index (χ2v) is 4.12. The molecule has 1 aromatic carbocycles. The number of nitrogens with one attached hydrogen (secondary N) is 1. The molecule has 0 heterocycles. The van der Waals surface area contributed by atoms with E-state index in [1.165, 1.54) is 4.90 Å². The highest BCUT2D eigenvalue weighted by molar-refractivity contribution is 5.89. The highest BCUT2D eigenvalue weighted by Crippen LogP contribution is 2.11. The van der Waals surface area contributed by atoms with E-state index < -0.39 is 5.97 Å². The summed E-state index contributed by atoms with van der Waals surface area (Å²) in [5, 5.41) is 11.4. The zero-order chi connectivity index (χ0) is 14.3. The molecule has 19 heavy (non-hydrogen) atoms. The number of carboxylic acid groups (broad SMARTS) is 1. The number of hydrogen-bond acceptors (Lipinski definition) is 3. The van der Waals surface area contributed by atoms with Crippen molar-refractivity contribution in [2.45, 2.75) is 6.42 Å². The van der Waals surface area contributed by atoms with Gasteiger partial charge in [-0.25, -0.2) is 4.79 Å². The van der Waals surface area contributed by atoms with Crippen LogP contribution in [0, 0.1) is 0 Å².